The lowest BCUT2D eigenvalue weighted by Gasteiger charge is -2.16. The van der Waals surface area contributed by atoms with Crippen LogP contribution in [0.5, 0.6) is 0 Å². The minimum Gasteiger partial charge on any atom is -0.481 e. The summed E-state index contributed by atoms with van der Waals surface area (Å²) in [5, 5.41) is 19.6. The van der Waals surface area contributed by atoms with Gasteiger partial charge < -0.3 is 21.3 Å². The highest BCUT2D eigenvalue weighted by molar-refractivity contribution is 5.84. The lowest BCUT2D eigenvalue weighted by molar-refractivity contribution is -0.143. The van der Waals surface area contributed by atoms with Crippen LogP contribution in [0.15, 0.2) is 0 Å². The molecule has 7 heteroatoms. The Balaban J connectivity index is 4.27. The molecule has 0 saturated carbocycles. The Kier molecular flexibility index (Phi) is 7.69. The van der Waals surface area contributed by atoms with Crippen molar-refractivity contribution in [3.05, 3.63) is 0 Å². The van der Waals surface area contributed by atoms with E-state index >= 15 is 0 Å². The second-order valence-corrected chi connectivity index (χ2v) is 4.10. The summed E-state index contributed by atoms with van der Waals surface area (Å²) in [4.78, 5) is 32.8. The summed E-state index contributed by atoms with van der Waals surface area (Å²) in [6, 6.07) is -1.16. The number of aliphatic carboxylic acids is 2. The van der Waals surface area contributed by atoms with Gasteiger partial charge in [0.2, 0.25) is 5.91 Å². The van der Waals surface area contributed by atoms with Crippen LogP contribution in [-0.2, 0) is 14.4 Å². The van der Waals surface area contributed by atoms with Gasteiger partial charge in [-0.15, -0.1) is 0 Å². The van der Waals surface area contributed by atoms with E-state index in [9.17, 15) is 14.4 Å². The standard InChI is InChI=1S/C11H20N2O5/c1-2-7(6-12)5-9(14)13-8(11(17)18)3-4-10(15)16/h7-8H,2-6,12H2,1H3,(H,13,14)(H,15,16)(H,17,18). The fraction of sp³-hybridized carbons (Fsp3) is 0.727. The fourth-order valence-electron chi connectivity index (χ4n) is 1.43. The van der Waals surface area contributed by atoms with Crippen LogP contribution >= 0.6 is 0 Å². The molecule has 5 N–H and O–H groups in total. The van der Waals surface area contributed by atoms with E-state index in [-0.39, 0.29) is 25.2 Å². The summed E-state index contributed by atoms with van der Waals surface area (Å²) >= 11 is 0. The molecule has 0 spiro atoms. The molecule has 104 valence electrons. The third-order valence-electron chi connectivity index (χ3n) is 2.66. The van der Waals surface area contributed by atoms with Crippen molar-refractivity contribution in [2.45, 2.75) is 38.6 Å². The Morgan fingerprint density at radius 2 is 1.89 bits per heavy atom. The molecule has 0 heterocycles. The predicted molar refractivity (Wildman–Crippen MR) is 63.9 cm³/mol. The van der Waals surface area contributed by atoms with Gasteiger partial charge in [0.1, 0.15) is 6.04 Å². The van der Waals surface area contributed by atoms with E-state index in [4.69, 9.17) is 15.9 Å². The van der Waals surface area contributed by atoms with Crippen molar-refractivity contribution in [1.29, 1.82) is 0 Å². The van der Waals surface area contributed by atoms with Crippen molar-refractivity contribution in [2.24, 2.45) is 11.7 Å². The van der Waals surface area contributed by atoms with E-state index in [1.807, 2.05) is 6.92 Å². The van der Waals surface area contributed by atoms with Gasteiger partial charge in [0.25, 0.3) is 0 Å². The smallest absolute Gasteiger partial charge is 0.326 e. The van der Waals surface area contributed by atoms with Crippen LogP contribution in [-0.4, -0.2) is 40.6 Å². The summed E-state index contributed by atoms with van der Waals surface area (Å²) in [7, 11) is 0. The first kappa shape index (κ1) is 16.4. The van der Waals surface area contributed by atoms with Crippen LogP contribution < -0.4 is 11.1 Å². The SMILES string of the molecule is CCC(CN)CC(=O)NC(CCC(=O)O)C(=O)O. The lowest BCUT2D eigenvalue weighted by atomic mass is 10.0. The first-order valence-corrected chi connectivity index (χ1v) is 5.84. The molecule has 0 aromatic carbocycles. The van der Waals surface area contributed by atoms with Crippen molar-refractivity contribution in [3.8, 4) is 0 Å². The van der Waals surface area contributed by atoms with Crippen molar-refractivity contribution >= 4 is 17.8 Å². The molecule has 7 nitrogen and oxygen atoms in total. The normalized spacial score (nSPS) is 13.7. The number of carbonyl (C=O) groups is 3. The second-order valence-electron chi connectivity index (χ2n) is 4.10. The van der Waals surface area contributed by atoms with Crippen molar-refractivity contribution in [3.63, 3.8) is 0 Å². The first-order valence-electron chi connectivity index (χ1n) is 5.84. The quantitative estimate of drug-likeness (QED) is 0.454. The molecule has 0 aromatic heterocycles. The van der Waals surface area contributed by atoms with Gasteiger partial charge in [-0.2, -0.15) is 0 Å². The van der Waals surface area contributed by atoms with Gasteiger partial charge >= 0.3 is 11.9 Å². The van der Waals surface area contributed by atoms with Crippen LogP contribution in [0.4, 0.5) is 0 Å². The number of carboxylic acid groups (broad SMARTS) is 2. The number of nitrogens with two attached hydrogens (primary N) is 1. The zero-order valence-corrected chi connectivity index (χ0v) is 10.4. The molecule has 0 fully saturated rings. The van der Waals surface area contributed by atoms with Crippen LogP contribution in [0.2, 0.25) is 0 Å². The average molecular weight is 260 g/mol. The van der Waals surface area contributed by atoms with Gasteiger partial charge in [-0.25, -0.2) is 4.79 Å². The van der Waals surface area contributed by atoms with Crippen LogP contribution in [0.25, 0.3) is 0 Å². The van der Waals surface area contributed by atoms with Crippen molar-refractivity contribution < 1.29 is 24.6 Å². The number of hydrogen-bond donors (Lipinski definition) is 4. The molecule has 0 bridgehead atoms. The first-order chi connectivity index (χ1) is 8.40. The van der Waals surface area contributed by atoms with E-state index < -0.39 is 23.9 Å². The highest BCUT2D eigenvalue weighted by atomic mass is 16.4. The third-order valence-corrected chi connectivity index (χ3v) is 2.66. The zero-order chi connectivity index (χ0) is 14.1. The van der Waals surface area contributed by atoms with Crippen LogP contribution in [0, 0.1) is 5.92 Å². The number of amides is 1. The topological polar surface area (TPSA) is 130 Å². The summed E-state index contributed by atoms with van der Waals surface area (Å²) in [6.07, 6.45) is 0.460. The number of hydrogen-bond acceptors (Lipinski definition) is 4. The third kappa shape index (κ3) is 6.85. The van der Waals surface area contributed by atoms with E-state index in [0.29, 0.717) is 6.54 Å². The molecule has 0 aromatic rings. The average Bonchev–Trinajstić information content (AvgIpc) is 2.30. The molecule has 0 rings (SSSR count). The maximum atomic E-state index is 11.6. The van der Waals surface area contributed by atoms with Gasteiger partial charge in [0.15, 0.2) is 0 Å². The molecule has 0 aliphatic rings. The van der Waals surface area contributed by atoms with Crippen molar-refractivity contribution in [1.82, 2.24) is 5.32 Å². The maximum absolute atomic E-state index is 11.6. The van der Waals surface area contributed by atoms with E-state index in [1.54, 1.807) is 0 Å². The minimum absolute atomic E-state index is 0.0129. The summed E-state index contributed by atoms with van der Waals surface area (Å²) in [6.45, 7) is 2.25. The number of carbonyl (C=O) groups excluding carboxylic acids is 1. The molecular weight excluding hydrogens is 240 g/mol. The molecule has 2 unspecified atom stereocenters. The largest absolute Gasteiger partial charge is 0.481 e. The van der Waals surface area contributed by atoms with Gasteiger partial charge in [0.05, 0.1) is 0 Å². The van der Waals surface area contributed by atoms with Crippen LogP contribution in [0.3, 0.4) is 0 Å². The van der Waals surface area contributed by atoms with Gasteiger partial charge in [0, 0.05) is 12.8 Å². The maximum Gasteiger partial charge on any atom is 0.326 e. The Labute approximate surface area is 105 Å². The Morgan fingerprint density at radius 3 is 2.28 bits per heavy atom. The second kappa shape index (κ2) is 8.46. The molecule has 0 aliphatic heterocycles. The van der Waals surface area contributed by atoms with E-state index in [1.165, 1.54) is 0 Å². The molecule has 1 amide bonds. The van der Waals surface area contributed by atoms with Crippen molar-refractivity contribution in [2.75, 3.05) is 6.54 Å². The highest BCUT2D eigenvalue weighted by Crippen LogP contribution is 2.07. The number of carboxylic acids is 2. The van der Waals surface area contributed by atoms with Gasteiger partial charge in [-0.05, 0) is 18.9 Å². The zero-order valence-electron chi connectivity index (χ0n) is 10.4. The summed E-state index contributed by atoms with van der Waals surface area (Å²) in [5.74, 6) is -2.72. The monoisotopic (exact) mass is 260 g/mol. The van der Waals surface area contributed by atoms with E-state index in [2.05, 4.69) is 5.32 Å². The van der Waals surface area contributed by atoms with E-state index in [0.717, 1.165) is 6.42 Å². The lowest BCUT2D eigenvalue weighted by Crippen LogP contribution is -2.42. The summed E-state index contributed by atoms with van der Waals surface area (Å²) < 4.78 is 0. The predicted octanol–water partition coefficient (Wildman–Crippen LogP) is -0.204. The summed E-state index contributed by atoms with van der Waals surface area (Å²) in [5.41, 5.74) is 5.45. The molecule has 0 radical (unpaired) electrons. The van der Waals surface area contributed by atoms with Crippen LogP contribution in [0.1, 0.15) is 32.6 Å². The molecule has 2 atom stereocenters. The number of rotatable bonds is 9. The Morgan fingerprint density at radius 1 is 1.28 bits per heavy atom. The molecule has 0 saturated heterocycles. The molecular formula is C11H20N2O5. The number of nitrogens with one attached hydrogen (secondary N) is 1. The Hall–Kier alpha value is -1.63. The molecule has 0 aliphatic carbocycles. The Bertz CT molecular complexity index is 302. The fourth-order valence-corrected chi connectivity index (χ4v) is 1.43. The van der Waals surface area contributed by atoms with Gasteiger partial charge in [-0.1, -0.05) is 13.3 Å². The van der Waals surface area contributed by atoms with Gasteiger partial charge in [-0.3, -0.25) is 9.59 Å². The molecule has 18 heavy (non-hydrogen) atoms. The minimum atomic E-state index is -1.23. The highest BCUT2D eigenvalue weighted by Gasteiger charge is 2.21.